The minimum atomic E-state index is -3.41. The summed E-state index contributed by atoms with van der Waals surface area (Å²) in [6.07, 6.45) is 1.84. The Morgan fingerprint density at radius 3 is 2.36 bits per heavy atom. The summed E-state index contributed by atoms with van der Waals surface area (Å²) in [5.74, 6) is 0.387. The van der Waals surface area contributed by atoms with Gasteiger partial charge in [-0.05, 0) is 30.9 Å². The average Bonchev–Trinajstić information content (AvgIpc) is 2.48. The lowest BCUT2D eigenvalue weighted by atomic mass is 10.1. The largest absolute Gasteiger partial charge is 0.353 e. The smallest absolute Gasteiger partial charge is 0.243 e. The van der Waals surface area contributed by atoms with Crippen LogP contribution < -0.4 is 5.32 Å². The third-order valence-electron chi connectivity index (χ3n) is 3.79. The van der Waals surface area contributed by atoms with Gasteiger partial charge >= 0.3 is 0 Å². The van der Waals surface area contributed by atoms with Gasteiger partial charge in [0.05, 0.1) is 4.90 Å². The lowest BCUT2D eigenvalue weighted by Gasteiger charge is -2.31. The van der Waals surface area contributed by atoms with Gasteiger partial charge in [0.15, 0.2) is 0 Å². The van der Waals surface area contributed by atoms with E-state index in [4.69, 9.17) is 0 Å². The van der Waals surface area contributed by atoms with Crippen molar-refractivity contribution in [3.63, 3.8) is 0 Å². The Bertz CT molecular complexity index is 591. The van der Waals surface area contributed by atoms with Crippen LogP contribution in [0, 0.1) is 5.92 Å². The van der Waals surface area contributed by atoms with Gasteiger partial charge in [0.25, 0.3) is 0 Å². The molecule has 122 valence electrons. The minimum Gasteiger partial charge on any atom is -0.353 e. The van der Waals surface area contributed by atoms with Crippen LogP contribution in [0.4, 0.5) is 0 Å². The van der Waals surface area contributed by atoms with Crippen LogP contribution in [0.15, 0.2) is 35.2 Å². The lowest BCUT2D eigenvalue weighted by molar-refractivity contribution is -0.122. The zero-order valence-electron chi connectivity index (χ0n) is 13.2. The highest BCUT2D eigenvalue weighted by Gasteiger charge is 2.29. The molecule has 1 amide bonds. The highest BCUT2D eigenvalue weighted by molar-refractivity contribution is 7.89. The van der Waals surface area contributed by atoms with Crippen LogP contribution in [0.2, 0.25) is 0 Å². The average molecular weight is 324 g/mol. The van der Waals surface area contributed by atoms with E-state index in [0.29, 0.717) is 43.2 Å². The number of benzene rings is 1. The molecule has 1 N–H and O–H groups in total. The van der Waals surface area contributed by atoms with E-state index in [1.807, 2.05) is 13.8 Å². The van der Waals surface area contributed by atoms with E-state index in [0.717, 1.165) is 0 Å². The summed E-state index contributed by atoms with van der Waals surface area (Å²) >= 11 is 0. The molecule has 1 heterocycles. The summed E-state index contributed by atoms with van der Waals surface area (Å²) in [5, 5.41) is 3.00. The molecule has 0 spiro atoms. The number of carbonyl (C=O) groups excluding carboxylic acids is 1. The molecule has 0 saturated carbocycles. The zero-order chi connectivity index (χ0) is 16.2. The molecular formula is C16H24N2O3S. The number of hydrogen-bond donors (Lipinski definition) is 1. The van der Waals surface area contributed by atoms with Gasteiger partial charge in [0.1, 0.15) is 0 Å². The van der Waals surface area contributed by atoms with Gasteiger partial charge in [-0.2, -0.15) is 4.31 Å². The maximum absolute atomic E-state index is 12.5. The molecule has 2 rings (SSSR count). The van der Waals surface area contributed by atoms with Crippen LogP contribution in [0.25, 0.3) is 0 Å². The molecule has 1 aliphatic heterocycles. The first-order valence-electron chi connectivity index (χ1n) is 7.74. The fourth-order valence-corrected chi connectivity index (χ4v) is 4.13. The highest BCUT2D eigenvalue weighted by Crippen LogP contribution is 2.20. The molecule has 5 nitrogen and oxygen atoms in total. The predicted molar refractivity (Wildman–Crippen MR) is 85.8 cm³/mol. The van der Waals surface area contributed by atoms with E-state index >= 15 is 0 Å². The van der Waals surface area contributed by atoms with Crippen molar-refractivity contribution < 1.29 is 13.2 Å². The summed E-state index contributed by atoms with van der Waals surface area (Å²) in [5.41, 5.74) is 0. The normalized spacial score (nSPS) is 17.6. The molecule has 0 aromatic heterocycles. The molecular weight excluding hydrogens is 300 g/mol. The van der Waals surface area contributed by atoms with Gasteiger partial charge in [-0.15, -0.1) is 0 Å². The number of carbonyl (C=O) groups is 1. The molecule has 22 heavy (non-hydrogen) atoms. The van der Waals surface area contributed by atoms with Gasteiger partial charge in [-0.3, -0.25) is 4.79 Å². The molecule has 0 aliphatic carbocycles. The highest BCUT2D eigenvalue weighted by atomic mass is 32.2. The van der Waals surface area contributed by atoms with E-state index in [1.54, 1.807) is 30.3 Å². The second kappa shape index (κ2) is 7.24. The Morgan fingerprint density at radius 1 is 1.23 bits per heavy atom. The number of rotatable bonds is 5. The molecule has 6 heteroatoms. The van der Waals surface area contributed by atoms with E-state index in [9.17, 15) is 13.2 Å². The fraction of sp³-hybridized carbons (Fsp3) is 0.562. The van der Waals surface area contributed by atoms with Crippen LogP contribution in [0.3, 0.4) is 0 Å². The van der Waals surface area contributed by atoms with Crippen molar-refractivity contribution in [1.82, 2.24) is 9.62 Å². The predicted octanol–water partition coefficient (Wildman–Crippen LogP) is 2.00. The third kappa shape index (κ3) is 4.30. The molecule has 0 bridgehead atoms. The van der Waals surface area contributed by atoms with Crippen LogP contribution in [0.1, 0.15) is 33.1 Å². The number of nitrogens with zero attached hydrogens (tertiary/aromatic N) is 1. The van der Waals surface area contributed by atoms with Gasteiger partial charge in [-0.25, -0.2) is 8.42 Å². The maximum atomic E-state index is 12.5. The summed E-state index contributed by atoms with van der Waals surface area (Å²) < 4.78 is 26.5. The zero-order valence-corrected chi connectivity index (χ0v) is 14.0. The molecule has 0 radical (unpaired) electrons. The molecule has 1 fully saturated rings. The van der Waals surface area contributed by atoms with Crippen molar-refractivity contribution in [3.8, 4) is 0 Å². The Labute approximate surface area is 132 Å². The summed E-state index contributed by atoms with van der Waals surface area (Å²) in [7, 11) is -3.41. The topological polar surface area (TPSA) is 66.5 Å². The number of nitrogens with one attached hydrogen (secondary N) is 1. The molecule has 1 aromatic rings. The van der Waals surface area contributed by atoms with Crippen LogP contribution >= 0.6 is 0 Å². The van der Waals surface area contributed by atoms with Crippen molar-refractivity contribution >= 4 is 15.9 Å². The van der Waals surface area contributed by atoms with Gasteiger partial charge in [0.2, 0.25) is 15.9 Å². The number of amides is 1. The maximum Gasteiger partial charge on any atom is 0.243 e. The Morgan fingerprint density at radius 2 is 1.82 bits per heavy atom. The number of piperidine rings is 1. The minimum absolute atomic E-state index is 0.0550. The van der Waals surface area contributed by atoms with Crippen molar-refractivity contribution in [1.29, 1.82) is 0 Å². The first-order chi connectivity index (χ1) is 10.4. The monoisotopic (exact) mass is 324 g/mol. The second-order valence-corrected chi connectivity index (χ2v) is 8.09. The van der Waals surface area contributed by atoms with E-state index < -0.39 is 10.0 Å². The summed E-state index contributed by atoms with van der Waals surface area (Å²) in [4.78, 5) is 12.1. The first kappa shape index (κ1) is 17.0. The van der Waals surface area contributed by atoms with E-state index in [1.165, 1.54) is 4.31 Å². The standard InChI is InChI=1S/C16H24N2O3S/c1-13(2)12-16(19)17-14-8-10-18(11-9-14)22(20,21)15-6-4-3-5-7-15/h3-7,13-14H,8-12H2,1-2H3,(H,17,19). The fourth-order valence-electron chi connectivity index (χ4n) is 2.64. The van der Waals surface area contributed by atoms with Crippen LogP contribution in [-0.4, -0.2) is 37.8 Å². The molecule has 1 saturated heterocycles. The Hall–Kier alpha value is -1.40. The van der Waals surface area contributed by atoms with Crippen molar-refractivity contribution in [2.24, 2.45) is 5.92 Å². The Kier molecular flexibility index (Phi) is 5.58. The Balaban J connectivity index is 1.91. The second-order valence-electron chi connectivity index (χ2n) is 6.16. The van der Waals surface area contributed by atoms with Gasteiger partial charge in [0, 0.05) is 25.6 Å². The van der Waals surface area contributed by atoms with Crippen molar-refractivity contribution in [3.05, 3.63) is 30.3 Å². The van der Waals surface area contributed by atoms with E-state index in [2.05, 4.69) is 5.32 Å². The molecule has 0 atom stereocenters. The van der Waals surface area contributed by atoms with Crippen LogP contribution in [0.5, 0.6) is 0 Å². The van der Waals surface area contributed by atoms with Crippen molar-refractivity contribution in [2.75, 3.05) is 13.1 Å². The third-order valence-corrected chi connectivity index (χ3v) is 5.71. The molecule has 1 aromatic carbocycles. The van der Waals surface area contributed by atoms with Gasteiger partial charge in [-0.1, -0.05) is 32.0 Å². The molecule has 0 unspecified atom stereocenters. The summed E-state index contributed by atoms with van der Waals surface area (Å²) in [6, 6.07) is 8.57. The van der Waals surface area contributed by atoms with Crippen LogP contribution in [-0.2, 0) is 14.8 Å². The number of hydrogen-bond acceptors (Lipinski definition) is 3. The number of sulfonamides is 1. The quantitative estimate of drug-likeness (QED) is 0.901. The lowest BCUT2D eigenvalue weighted by Crippen LogP contribution is -2.46. The van der Waals surface area contributed by atoms with Gasteiger partial charge < -0.3 is 5.32 Å². The van der Waals surface area contributed by atoms with E-state index in [-0.39, 0.29) is 11.9 Å². The SMILES string of the molecule is CC(C)CC(=O)NC1CCN(S(=O)(=O)c2ccccc2)CC1. The summed E-state index contributed by atoms with van der Waals surface area (Å²) in [6.45, 7) is 4.91. The first-order valence-corrected chi connectivity index (χ1v) is 9.18. The van der Waals surface area contributed by atoms with Crippen molar-refractivity contribution in [2.45, 2.75) is 44.0 Å². The molecule has 1 aliphatic rings.